The molecule has 1 amide bonds. The van der Waals surface area contributed by atoms with Gasteiger partial charge in [-0.25, -0.2) is 17.8 Å². The quantitative estimate of drug-likeness (QED) is 0.639. The summed E-state index contributed by atoms with van der Waals surface area (Å²) in [4.78, 5) is 13.9. The standard InChI is InChI=1S/C23H26N4O3S/c1-16-14-20(26-13-7-10-23(26)28)11-12-22(16)31(29,30)24-15-21-17(2)25-27(18(21)3)19-8-5-4-6-9-19/h4-6,8-9,11-12,14,24H,7,10,13,15H2,1-3H3. The van der Waals surface area contributed by atoms with Gasteiger partial charge >= 0.3 is 0 Å². The summed E-state index contributed by atoms with van der Waals surface area (Å²) in [5.74, 6) is 0.0783. The highest BCUT2D eigenvalue weighted by molar-refractivity contribution is 7.89. The van der Waals surface area contributed by atoms with Gasteiger partial charge in [0.25, 0.3) is 0 Å². The number of benzene rings is 2. The second-order valence-electron chi connectivity index (χ2n) is 7.82. The Labute approximate surface area is 182 Å². The summed E-state index contributed by atoms with van der Waals surface area (Å²) in [6, 6.07) is 14.8. The highest BCUT2D eigenvalue weighted by Gasteiger charge is 2.24. The lowest BCUT2D eigenvalue weighted by Gasteiger charge is -2.18. The lowest BCUT2D eigenvalue weighted by atomic mass is 10.2. The summed E-state index contributed by atoms with van der Waals surface area (Å²) in [7, 11) is -3.72. The van der Waals surface area contributed by atoms with Crippen molar-refractivity contribution in [3.63, 3.8) is 0 Å². The number of carbonyl (C=O) groups excluding carboxylic acids is 1. The highest BCUT2D eigenvalue weighted by atomic mass is 32.2. The Morgan fingerprint density at radius 1 is 1.03 bits per heavy atom. The fourth-order valence-corrected chi connectivity index (χ4v) is 5.24. The molecule has 31 heavy (non-hydrogen) atoms. The van der Waals surface area contributed by atoms with Crippen LogP contribution in [0.4, 0.5) is 5.69 Å². The second-order valence-corrected chi connectivity index (χ2v) is 9.56. The Hall–Kier alpha value is -2.97. The van der Waals surface area contributed by atoms with Crippen molar-refractivity contribution >= 4 is 21.6 Å². The van der Waals surface area contributed by atoms with Gasteiger partial charge in [-0.1, -0.05) is 18.2 Å². The van der Waals surface area contributed by atoms with Crippen LogP contribution >= 0.6 is 0 Å². The van der Waals surface area contributed by atoms with Gasteiger partial charge in [0, 0.05) is 36.5 Å². The smallest absolute Gasteiger partial charge is 0.241 e. The van der Waals surface area contributed by atoms with E-state index < -0.39 is 10.0 Å². The predicted molar refractivity (Wildman–Crippen MR) is 120 cm³/mol. The first-order valence-corrected chi connectivity index (χ1v) is 11.8. The van der Waals surface area contributed by atoms with Crippen LogP contribution in [0.15, 0.2) is 53.4 Å². The molecular formula is C23H26N4O3S. The van der Waals surface area contributed by atoms with Crippen LogP contribution in [0, 0.1) is 20.8 Å². The zero-order chi connectivity index (χ0) is 22.2. The Bertz CT molecular complexity index is 1230. The number of para-hydroxylation sites is 1. The van der Waals surface area contributed by atoms with E-state index in [0.717, 1.165) is 34.7 Å². The maximum atomic E-state index is 13.0. The zero-order valence-corrected chi connectivity index (χ0v) is 18.7. The van der Waals surface area contributed by atoms with Crippen molar-refractivity contribution in [2.75, 3.05) is 11.4 Å². The van der Waals surface area contributed by atoms with Gasteiger partial charge < -0.3 is 4.90 Å². The van der Waals surface area contributed by atoms with Crippen molar-refractivity contribution in [3.05, 3.63) is 71.0 Å². The van der Waals surface area contributed by atoms with Crippen molar-refractivity contribution in [1.82, 2.24) is 14.5 Å². The SMILES string of the molecule is Cc1cc(N2CCCC2=O)ccc1S(=O)(=O)NCc1c(C)nn(-c2ccccc2)c1C. The first-order valence-electron chi connectivity index (χ1n) is 10.3. The molecule has 0 atom stereocenters. The maximum Gasteiger partial charge on any atom is 0.241 e. The number of sulfonamides is 1. The number of nitrogens with zero attached hydrogens (tertiary/aromatic N) is 3. The molecule has 0 unspecified atom stereocenters. The van der Waals surface area contributed by atoms with Gasteiger partial charge in [-0.3, -0.25) is 4.79 Å². The number of amides is 1. The number of aromatic nitrogens is 2. The molecule has 1 aliphatic heterocycles. The molecule has 0 saturated carbocycles. The molecular weight excluding hydrogens is 412 g/mol. The molecule has 7 nitrogen and oxygen atoms in total. The molecule has 1 fully saturated rings. The Balaban J connectivity index is 1.55. The molecule has 2 heterocycles. The summed E-state index contributed by atoms with van der Waals surface area (Å²) in [6.45, 7) is 6.39. The summed E-state index contributed by atoms with van der Waals surface area (Å²) in [5.41, 5.74) is 4.81. The third-order valence-electron chi connectivity index (χ3n) is 5.71. The summed E-state index contributed by atoms with van der Waals surface area (Å²) in [5, 5.41) is 4.58. The number of anilines is 1. The van der Waals surface area contributed by atoms with Crippen LogP contribution in [0.25, 0.3) is 5.69 Å². The number of nitrogens with one attached hydrogen (secondary N) is 1. The van der Waals surface area contributed by atoms with Gasteiger partial charge in [0.05, 0.1) is 16.3 Å². The van der Waals surface area contributed by atoms with Gasteiger partial charge in [0.15, 0.2) is 0 Å². The molecule has 1 aromatic heterocycles. The van der Waals surface area contributed by atoms with E-state index in [9.17, 15) is 13.2 Å². The number of carbonyl (C=O) groups is 1. The summed E-state index contributed by atoms with van der Waals surface area (Å²) in [6.07, 6.45) is 1.37. The van der Waals surface area contributed by atoms with Crippen LogP contribution in [0.1, 0.15) is 35.4 Å². The zero-order valence-electron chi connectivity index (χ0n) is 17.9. The molecule has 0 aliphatic carbocycles. The molecule has 1 aliphatic rings. The van der Waals surface area contributed by atoms with Gasteiger partial charge in [-0.15, -0.1) is 0 Å². The van der Waals surface area contributed by atoms with E-state index in [4.69, 9.17) is 0 Å². The molecule has 2 aromatic carbocycles. The van der Waals surface area contributed by atoms with Crippen LogP contribution < -0.4 is 9.62 Å². The van der Waals surface area contributed by atoms with Gasteiger partial charge in [-0.2, -0.15) is 5.10 Å². The minimum atomic E-state index is -3.72. The first kappa shape index (κ1) is 21.3. The molecule has 1 N–H and O–H groups in total. The summed E-state index contributed by atoms with van der Waals surface area (Å²) < 4.78 is 30.5. The van der Waals surface area contributed by atoms with Crippen LogP contribution in [0.3, 0.4) is 0 Å². The minimum absolute atomic E-state index is 0.0783. The van der Waals surface area contributed by atoms with E-state index in [2.05, 4.69) is 9.82 Å². The lowest BCUT2D eigenvalue weighted by Crippen LogP contribution is -2.26. The van der Waals surface area contributed by atoms with Crippen LogP contribution in [0.2, 0.25) is 0 Å². The van der Waals surface area contributed by atoms with Crippen molar-refractivity contribution in [1.29, 1.82) is 0 Å². The molecule has 1 saturated heterocycles. The van der Waals surface area contributed by atoms with E-state index in [0.29, 0.717) is 18.5 Å². The predicted octanol–water partition coefficient (Wildman–Crippen LogP) is 3.40. The topological polar surface area (TPSA) is 84.3 Å². The van der Waals surface area contributed by atoms with E-state index >= 15 is 0 Å². The fraction of sp³-hybridized carbons (Fsp3) is 0.304. The van der Waals surface area contributed by atoms with Crippen molar-refractivity contribution in [2.45, 2.75) is 45.1 Å². The number of hydrogen-bond acceptors (Lipinski definition) is 4. The molecule has 4 rings (SSSR count). The second kappa shape index (κ2) is 8.28. The van der Waals surface area contributed by atoms with E-state index in [1.165, 1.54) is 0 Å². The molecule has 162 valence electrons. The van der Waals surface area contributed by atoms with E-state index in [1.807, 2.05) is 48.9 Å². The largest absolute Gasteiger partial charge is 0.312 e. The normalized spacial score (nSPS) is 14.4. The Morgan fingerprint density at radius 2 is 1.77 bits per heavy atom. The molecule has 8 heteroatoms. The van der Waals surface area contributed by atoms with Gasteiger partial charge in [-0.05, 0) is 63.1 Å². The van der Waals surface area contributed by atoms with Crippen LogP contribution in [0.5, 0.6) is 0 Å². The lowest BCUT2D eigenvalue weighted by molar-refractivity contribution is -0.117. The third-order valence-corrected chi connectivity index (χ3v) is 7.28. The summed E-state index contributed by atoms with van der Waals surface area (Å²) >= 11 is 0. The average molecular weight is 439 g/mol. The number of aryl methyl sites for hydroxylation is 2. The Kier molecular flexibility index (Phi) is 5.68. The molecule has 0 radical (unpaired) electrons. The number of hydrogen-bond donors (Lipinski definition) is 1. The maximum absolute atomic E-state index is 13.0. The van der Waals surface area contributed by atoms with Crippen molar-refractivity contribution in [3.8, 4) is 5.69 Å². The van der Waals surface area contributed by atoms with Crippen LogP contribution in [-0.4, -0.2) is 30.7 Å². The first-order chi connectivity index (χ1) is 14.8. The molecule has 0 bridgehead atoms. The average Bonchev–Trinajstić information content (AvgIpc) is 3.29. The van der Waals surface area contributed by atoms with E-state index in [1.54, 1.807) is 30.0 Å². The monoisotopic (exact) mass is 438 g/mol. The molecule has 0 spiro atoms. The van der Waals surface area contributed by atoms with E-state index in [-0.39, 0.29) is 17.3 Å². The van der Waals surface area contributed by atoms with Crippen molar-refractivity contribution < 1.29 is 13.2 Å². The van der Waals surface area contributed by atoms with Crippen molar-refractivity contribution in [2.24, 2.45) is 0 Å². The fourth-order valence-electron chi connectivity index (χ4n) is 4.02. The number of rotatable bonds is 6. The Morgan fingerprint density at radius 3 is 2.42 bits per heavy atom. The molecule has 3 aromatic rings. The highest BCUT2D eigenvalue weighted by Crippen LogP contribution is 2.26. The van der Waals surface area contributed by atoms with Gasteiger partial charge in [0.1, 0.15) is 0 Å². The van der Waals surface area contributed by atoms with Crippen LogP contribution in [-0.2, 0) is 21.4 Å². The third kappa shape index (κ3) is 4.13. The van der Waals surface area contributed by atoms with Gasteiger partial charge in [0.2, 0.25) is 15.9 Å². The minimum Gasteiger partial charge on any atom is -0.312 e.